The van der Waals surface area contributed by atoms with Crippen molar-refractivity contribution in [3.63, 3.8) is 0 Å². The van der Waals surface area contributed by atoms with Gasteiger partial charge in [-0.1, -0.05) is 6.07 Å². The second kappa shape index (κ2) is 7.02. The molecule has 0 aliphatic carbocycles. The molecule has 3 heterocycles. The van der Waals surface area contributed by atoms with E-state index < -0.39 is 0 Å². The Morgan fingerprint density at radius 3 is 2.90 bits per heavy atom. The molecule has 2 aromatic rings. The summed E-state index contributed by atoms with van der Waals surface area (Å²) < 4.78 is 1.58. The number of piperidine rings is 1. The molecule has 6 heteroatoms. The first-order chi connectivity index (χ1) is 9.74. The SMILES string of the molecule is CN(Cc1cc(=O)n2ccccc2n1)C1CCNCC1.Cl. The molecule has 0 atom stereocenters. The lowest BCUT2D eigenvalue weighted by Crippen LogP contribution is -2.41. The fourth-order valence-corrected chi connectivity index (χ4v) is 2.82. The van der Waals surface area contributed by atoms with E-state index in [4.69, 9.17) is 0 Å². The minimum Gasteiger partial charge on any atom is -0.317 e. The third kappa shape index (κ3) is 3.61. The van der Waals surface area contributed by atoms with Crippen LogP contribution in [0.1, 0.15) is 18.5 Å². The highest BCUT2D eigenvalue weighted by molar-refractivity contribution is 5.85. The second-order valence-electron chi connectivity index (χ2n) is 5.41. The van der Waals surface area contributed by atoms with Gasteiger partial charge < -0.3 is 5.32 Å². The van der Waals surface area contributed by atoms with E-state index in [-0.39, 0.29) is 18.0 Å². The van der Waals surface area contributed by atoms with Crippen LogP contribution in [-0.2, 0) is 6.54 Å². The Labute approximate surface area is 130 Å². The Morgan fingerprint density at radius 1 is 1.38 bits per heavy atom. The topological polar surface area (TPSA) is 49.6 Å². The maximum atomic E-state index is 12.1. The summed E-state index contributed by atoms with van der Waals surface area (Å²) in [5.41, 5.74) is 1.56. The predicted molar refractivity (Wildman–Crippen MR) is 86.1 cm³/mol. The van der Waals surface area contributed by atoms with Crippen LogP contribution in [0.25, 0.3) is 5.65 Å². The first kappa shape index (κ1) is 15.9. The van der Waals surface area contributed by atoms with Crippen LogP contribution in [0.5, 0.6) is 0 Å². The van der Waals surface area contributed by atoms with Gasteiger partial charge in [0.05, 0.1) is 5.69 Å². The fraction of sp³-hybridized carbons (Fsp3) is 0.467. The van der Waals surface area contributed by atoms with E-state index in [1.165, 1.54) is 0 Å². The van der Waals surface area contributed by atoms with E-state index in [1.807, 2.05) is 18.2 Å². The summed E-state index contributed by atoms with van der Waals surface area (Å²) in [5.74, 6) is 0. The maximum Gasteiger partial charge on any atom is 0.258 e. The molecule has 0 aromatic carbocycles. The van der Waals surface area contributed by atoms with E-state index >= 15 is 0 Å². The molecule has 5 nitrogen and oxygen atoms in total. The Hall–Kier alpha value is -1.43. The van der Waals surface area contributed by atoms with Crippen molar-refractivity contribution in [2.24, 2.45) is 0 Å². The smallest absolute Gasteiger partial charge is 0.258 e. The van der Waals surface area contributed by atoms with Crippen LogP contribution in [-0.4, -0.2) is 40.5 Å². The number of hydrogen-bond acceptors (Lipinski definition) is 4. The van der Waals surface area contributed by atoms with Crippen molar-refractivity contribution in [1.29, 1.82) is 0 Å². The van der Waals surface area contributed by atoms with Crippen molar-refractivity contribution in [3.8, 4) is 0 Å². The van der Waals surface area contributed by atoms with Crippen LogP contribution in [0.3, 0.4) is 0 Å². The number of nitrogens with zero attached hydrogens (tertiary/aromatic N) is 3. The summed E-state index contributed by atoms with van der Waals surface area (Å²) in [5, 5.41) is 3.37. The van der Waals surface area contributed by atoms with Gasteiger partial charge in [-0.2, -0.15) is 0 Å². The zero-order valence-corrected chi connectivity index (χ0v) is 13.0. The van der Waals surface area contributed by atoms with E-state index in [0.29, 0.717) is 11.7 Å². The Balaban J connectivity index is 0.00000161. The van der Waals surface area contributed by atoms with Crippen LogP contribution in [0.4, 0.5) is 0 Å². The van der Waals surface area contributed by atoms with Gasteiger partial charge in [-0.3, -0.25) is 14.1 Å². The second-order valence-corrected chi connectivity index (χ2v) is 5.41. The van der Waals surface area contributed by atoms with Crippen LogP contribution in [0.2, 0.25) is 0 Å². The molecule has 114 valence electrons. The molecule has 0 bridgehead atoms. The molecule has 0 saturated carbocycles. The lowest BCUT2D eigenvalue weighted by atomic mass is 10.1. The zero-order valence-electron chi connectivity index (χ0n) is 12.2. The van der Waals surface area contributed by atoms with E-state index in [9.17, 15) is 4.79 Å². The molecule has 1 N–H and O–H groups in total. The number of nitrogens with one attached hydrogen (secondary N) is 1. The largest absolute Gasteiger partial charge is 0.317 e. The van der Waals surface area contributed by atoms with E-state index in [0.717, 1.165) is 38.2 Å². The lowest BCUT2D eigenvalue weighted by Gasteiger charge is -2.31. The predicted octanol–water partition coefficient (Wildman–Crippen LogP) is 1.30. The summed E-state index contributed by atoms with van der Waals surface area (Å²) in [6, 6.07) is 7.84. The molecule has 1 fully saturated rings. The van der Waals surface area contributed by atoms with Gasteiger partial charge in [0.15, 0.2) is 0 Å². The van der Waals surface area contributed by atoms with Gasteiger partial charge in [-0.15, -0.1) is 12.4 Å². The molecular formula is C15H21ClN4O. The Kier molecular flexibility index (Phi) is 5.33. The third-order valence-electron chi connectivity index (χ3n) is 3.97. The highest BCUT2D eigenvalue weighted by Crippen LogP contribution is 2.12. The van der Waals surface area contributed by atoms with Crippen molar-refractivity contribution >= 4 is 18.1 Å². The Bertz CT molecular complexity index is 651. The quantitative estimate of drug-likeness (QED) is 0.928. The summed E-state index contributed by atoms with van der Waals surface area (Å²) in [6.07, 6.45) is 4.07. The highest BCUT2D eigenvalue weighted by atomic mass is 35.5. The molecule has 1 saturated heterocycles. The van der Waals surface area contributed by atoms with Gasteiger partial charge in [0.1, 0.15) is 5.65 Å². The lowest BCUT2D eigenvalue weighted by molar-refractivity contribution is 0.190. The van der Waals surface area contributed by atoms with Gasteiger partial charge in [0, 0.05) is 24.8 Å². The average Bonchev–Trinajstić information content (AvgIpc) is 2.48. The van der Waals surface area contributed by atoms with Crippen molar-refractivity contribution < 1.29 is 0 Å². The normalized spacial score (nSPS) is 16.1. The van der Waals surface area contributed by atoms with Crippen LogP contribution in [0.15, 0.2) is 35.3 Å². The van der Waals surface area contributed by atoms with Crippen LogP contribution in [0, 0.1) is 0 Å². The third-order valence-corrected chi connectivity index (χ3v) is 3.97. The minimum atomic E-state index is -0.00990. The fourth-order valence-electron chi connectivity index (χ4n) is 2.82. The number of pyridine rings is 1. The van der Waals surface area contributed by atoms with Crippen molar-refractivity contribution in [1.82, 2.24) is 19.6 Å². The van der Waals surface area contributed by atoms with E-state index in [2.05, 4.69) is 22.2 Å². The molecule has 2 aromatic heterocycles. The van der Waals surface area contributed by atoms with Gasteiger partial charge in [-0.05, 0) is 45.1 Å². The summed E-state index contributed by atoms with van der Waals surface area (Å²) in [4.78, 5) is 18.9. The van der Waals surface area contributed by atoms with Gasteiger partial charge in [0.25, 0.3) is 5.56 Å². The van der Waals surface area contributed by atoms with Crippen LogP contribution < -0.4 is 10.9 Å². The number of aromatic nitrogens is 2. The number of hydrogen-bond donors (Lipinski definition) is 1. The molecule has 1 aliphatic heterocycles. The molecule has 3 rings (SSSR count). The Morgan fingerprint density at radius 2 is 2.14 bits per heavy atom. The number of rotatable bonds is 3. The first-order valence-electron chi connectivity index (χ1n) is 7.12. The maximum absolute atomic E-state index is 12.1. The van der Waals surface area contributed by atoms with Crippen molar-refractivity contribution in [3.05, 3.63) is 46.5 Å². The number of fused-ring (bicyclic) bond motifs is 1. The monoisotopic (exact) mass is 308 g/mol. The molecule has 1 aliphatic rings. The molecule has 0 unspecified atom stereocenters. The highest BCUT2D eigenvalue weighted by Gasteiger charge is 2.18. The van der Waals surface area contributed by atoms with Gasteiger partial charge >= 0.3 is 0 Å². The van der Waals surface area contributed by atoms with E-state index in [1.54, 1.807) is 16.7 Å². The molecule has 0 radical (unpaired) electrons. The molecule has 21 heavy (non-hydrogen) atoms. The average molecular weight is 309 g/mol. The summed E-state index contributed by atoms with van der Waals surface area (Å²) in [6.45, 7) is 2.87. The van der Waals surface area contributed by atoms with Gasteiger partial charge in [0.2, 0.25) is 0 Å². The standard InChI is InChI=1S/C15H20N4O.ClH/c1-18(13-5-7-16-8-6-13)11-12-10-15(20)19-9-3-2-4-14(19)17-12;/h2-4,9-10,13,16H,5-8,11H2,1H3;1H. The molecular weight excluding hydrogens is 288 g/mol. The van der Waals surface area contributed by atoms with Crippen molar-refractivity contribution in [2.45, 2.75) is 25.4 Å². The zero-order chi connectivity index (χ0) is 13.9. The van der Waals surface area contributed by atoms with Crippen LogP contribution >= 0.6 is 12.4 Å². The molecule has 0 spiro atoms. The number of halogens is 1. The summed E-state index contributed by atoms with van der Waals surface area (Å²) >= 11 is 0. The van der Waals surface area contributed by atoms with Gasteiger partial charge in [-0.25, -0.2) is 4.98 Å². The summed E-state index contributed by atoms with van der Waals surface area (Å²) in [7, 11) is 2.12. The molecule has 0 amide bonds. The van der Waals surface area contributed by atoms with Crippen molar-refractivity contribution in [2.75, 3.05) is 20.1 Å². The minimum absolute atomic E-state index is 0. The first-order valence-corrected chi connectivity index (χ1v) is 7.12.